The average molecular weight is 280 g/mol. The Morgan fingerprint density at radius 1 is 1.15 bits per heavy atom. The number of ether oxygens (including phenoxy) is 1. The van der Waals surface area contributed by atoms with Gasteiger partial charge >= 0.3 is 5.97 Å². The van der Waals surface area contributed by atoms with E-state index in [-0.39, 0.29) is 12.4 Å². The molecule has 0 saturated carbocycles. The van der Waals surface area contributed by atoms with Gasteiger partial charge in [0.2, 0.25) is 0 Å². The van der Waals surface area contributed by atoms with Gasteiger partial charge in [-0.15, -0.1) is 0 Å². The standard InChI is InChI=1S/C14H10F2O4/c15-11-5-9(14(18)19)6-12(16)13(11)20-10-3-1-2-8(4-10)7-17/h1-6,17H,7H2,(H,18,19). The highest BCUT2D eigenvalue weighted by Gasteiger charge is 2.16. The highest BCUT2D eigenvalue weighted by Crippen LogP contribution is 2.29. The van der Waals surface area contributed by atoms with Crippen molar-refractivity contribution < 1.29 is 28.5 Å². The lowest BCUT2D eigenvalue weighted by Crippen LogP contribution is -2.01. The summed E-state index contributed by atoms with van der Waals surface area (Å²) in [4.78, 5) is 10.7. The van der Waals surface area contributed by atoms with Crippen molar-refractivity contribution in [3.8, 4) is 11.5 Å². The fourth-order valence-electron chi connectivity index (χ4n) is 1.61. The number of carboxylic acids is 1. The summed E-state index contributed by atoms with van der Waals surface area (Å²) >= 11 is 0. The lowest BCUT2D eigenvalue weighted by atomic mass is 10.2. The molecule has 20 heavy (non-hydrogen) atoms. The number of halogens is 2. The highest BCUT2D eigenvalue weighted by atomic mass is 19.1. The minimum Gasteiger partial charge on any atom is -0.478 e. The summed E-state index contributed by atoms with van der Waals surface area (Å²) in [6, 6.07) is 7.41. The molecule has 0 atom stereocenters. The quantitative estimate of drug-likeness (QED) is 0.903. The second-order valence-electron chi connectivity index (χ2n) is 3.98. The van der Waals surface area contributed by atoms with Gasteiger partial charge in [-0.25, -0.2) is 13.6 Å². The fraction of sp³-hybridized carbons (Fsp3) is 0.0714. The summed E-state index contributed by atoms with van der Waals surface area (Å²) in [5, 5.41) is 17.6. The normalized spacial score (nSPS) is 10.3. The highest BCUT2D eigenvalue weighted by molar-refractivity contribution is 5.87. The van der Waals surface area contributed by atoms with Gasteiger partial charge in [-0.2, -0.15) is 0 Å². The first-order chi connectivity index (χ1) is 9.51. The molecule has 0 spiro atoms. The Hall–Kier alpha value is -2.47. The first-order valence-corrected chi connectivity index (χ1v) is 5.61. The molecule has 2 aromatic rings. The van der Waals surface area contributed by atoms with Crippen LogP contribution in [0.5, 0.6) is 11.5 Å². The van der Waals surface area contributed by atoms with Gasteiger partial charge in [0, 0.05) is 0 Å². The van der Waals surface area contributed by atoms with Crippen molar-refractivity contribution in [3.05, 3.63) is 59.2 Å². The van der Waals surface area contributed by atoms with E-state index in [1.807, 2.05) is 0 Å². The molecule has 2 aromatic carbocycles. The van der Waals surface area contributed by atoms with Crippen LogP contribution in [-0.2, 0) is 6.61 Å². The number of hydrogen-bond acceptors (Lipinski definition) is 3. The monoisotopic (exact) mass is 280 g/mol. The van der Waals surface area contributed by atoms with Crippen LogP contribution in [0.2, 0.25) is 0 Å². The smallest absolute Gasteiger partial charge is 0.335 e. The molecule has 0 unspecified atom stereocenters. The molecule has 0 aliphatic heterocycles. The van der Waals surface area contributed by atoms with E-state index < -0.39 is 28.9 Å². The minimum absolute atomic E-state index is 0.137. The Morgan fingerprint density at radius 3 is 2.35 bits per heavy atom. The van der Waals surface area contributed by atoms with E-state index in [4.69, 9.17) is 14.9 Å². The van der Waals surface area contributed by atoms with E-state index >= 15 is 0 Å². The zero-order valence-corrected chi connectivity index (χ0v) is 10.1. The Balaban J connectivity index is 2.36. The molecule has 0 aliphatic carbocycles. The topological polar surface area (TPSA) is 66.8 Å². The maximum Gasteiger partial charge on any atom is 0.335 e. The fourth-order valence-corrected chi connectivity index (χ4v) is 1.61. The van der Waals surface area contributed by atoms with E-state index in [0.717, 1.165) is 0 Å². The van der Waals surface area contributed by atoms with Gasteiger partial charge < -0.3 is 14.9 Å². The summed E-state index contributed by atoms with van der Waals surface area (Å²) in [6.45, 7) is -0.236. The first kappa shape index (κ1) is 14.0. The lowest BCUT2D eigenvalue weighted by Gasteiger charge is -2.09. The molecule has 0 saturated heterocycles. The van der Waals surface area contributed by atoms with Gasteiger partial charge in [0.1, 0.15) is 5.75 Å². The SMILES string of the molecule is O=C(O)c1cc(F)c(Oc2cccc(CO)c2)c(F)c1. The predicted molar refractivity (Wildman–Crippen MR) is 65.8 cm³/mol. The van der Waals surface area contributed by atoms with E-state index in [9.17, 15) is 13.6 Å². The number of aromatic carboxylic acids is 1. The lowest BCUT2D eigenvalue weighted by molar-refractivity contribution is 0.0695. The molecule has 2 rings (SSSR count). The van der Waals surface area contributed by atoms with Crippen LogP contribution in [0, 0.1) is 11.6 Å². The summed E-state index contributed by atoms with van der Waals surface area (Å²) in [6.07, 6.45) is 0. The summed E-state index contributed by atoms with van der Waals surface area (Å²) in [5.41, 5.74) is 0.0157. The van der Waals surface area contributed by atoms with Crippen molar-refractivity contribution in [1.29, 1.82) is 0 Å². The Morgan fingerprint density at radius 2 is 1.80 bits per heavy atom. The summed E-state index contributed by atoms with van der Waals surface area (Å²) in [7, 11) is 0. The number of carbonyl (C=O) groups is 1. The van der Waals surface area contributed by atoms with Crippen molar-refractivity contribution in [3.63, 3.8) is 0 Å². The molecule has 0 radical (unpaired) electrons. The Bertz CT molecular complexity index is 632. The van der Waals surface area contributed by atoms with Gasteiger partial charge in [-0.3, -0.25) is 0 Å². The first-order valence-electron chi connectivity index (χ1n) is 5.61. The van der Waals surface area contributed by atoms with Crippen LogP contribution in [0.15, 0.2) is 36.4 Å². The van der Waals surface area contributed by atoms with Crippen LogP contribution >= 0.6 is 0 Å². The van der Waals surface area contributed by atoms with Gasteiger partial charge in [0.15, 0.2) is 17.4 Å². The molecule has 0 bridgehead atoms. The maximum atomic E-state index is 13.7. The molecule has 0 aromatic heterocycles. The number of aliphatic hydroxyl groups is 1. The third-order valence-electron chi connectivity index (χ3n) is 2.55. The van der Waals surface area contributed by atoms with E-state index in [1.54, 1.807) is 12.1 Å². The van der Waals surface area contributed by atoms with Crippen LogP contribution in [0.1, 0.15) is 15.9 Å². The molecule has 2 N–H and O–H groups in total. The third kappa shape index (κ3) is 2.92. The summed E-state index contributed by atoms with van der Waals surface area (Å²) in [5.74, 6) is -4.22. The van der Waals surface area contributed by atoms with Gasteiger partial charge in [0.25, 0.3) is 0 Å². The minimum atomic E-state index is -1.43. The molecule has 104 valence electrons. The Kier molecular flexibility index (Phi) is 3.95. The van der Waals surface area contributed by atoms with E-state index in [0.29, 0.717) is 17.7 Å². The van der Waals surface area contributed by atoms with Crippen molar-refractivity contribution in [1.82, 2.24) is 0 Å². The second-order valence-corrected chi connectivity index (χ2v) is 3.98. The number of rotatable bonds is 4. The number of benzene rings is 2. The van der Waals surface area contributed by atoms with Gasteiger partial charge in [-0.1, -0.05) is 12.1 Å². The van der Waals surface area contributed by atoms with Crippen LogP contribution in [0.25, 0.3) is 0 Å². The number of carboxylic acid groups (broad SMARTS) is 1. The molecule has 4 nitrogen and oxygen atoms in total. The molecule has 6 heteroatoms. The van der Waals surface area contributed by atoms with Crippen LogP contribution < -0.4 is 4.74 Å². The zero-order chi connectivity index (χ0) is 14.7. The predicted octanol–water partition coefficient (Wildman–Crippen LogP) is 2.95. The van der Waals surface area contributed by atoms with Gasteiger partial charge in [0.05, 0.1) is 12.2 Å². The van der Waals surface area contributed by atoms with Crippen LogP contribution in [0.3, 0.4) is 0 Å². The second kappa shape index (κ2) is 5.66. The molecule has 0 aliphatic rings. The van der Waals surface area contributed by atoms with Crippen molar-refractivity contribution >= 4 is 5.97 Å². The van der Waals surface area contributed by atoms with E-state index in [1.165, 1.54) is 12.1 Å². The molecule has 0 heterocycles. The largest absolute Gasteiger partial charge is 0.478 e. The van der Waals surface area contributed by atoms with Crippen molar-refractivity contribution in [2.75, 3.05) is 0 Å². The van der Waals surface area contributed by atoms with E-state index in [2.05, 4.69) is 0 Å². The average Bonchev–Trinajstić information content (AvgIpc) is 2.42. The van der Waals surface area contributed by atoms with Crippen molar-refractivity contribution in [2.24, 2.45) is 0 Å². The molecule has 0 amide bonds. The summed E-state index contributed by atoms with van der Waals surface area (Å²) < 4.78 is 32.4. The van der Waals surface area contributed by atoms with Crippen LogP contribution in [-0.4, -0.2) is 16.2 Å². The zero-order valence-electron chi connectivity index (χ0n) is 10.1. The Labute approximate surface area is 112 Å². The van der Waals surface area contributed by atoms with Crippen molar-refractivity contribution in [2.45, 2.75) is 6.61 Å². The molecular formula is C14H10F2O4. The van der Waals surface area contributed by atoms with Gasteiger partial charge in [-0.05, 0) is 29.8 Å². The third-order valence-corrected chi connectivity index (χ3v) is 2.55. The maximum absolute atomic E-state index is 13.7. The van der Waals surface area contributed by atoms with Crippen LogP contribution in [0.4, 0.5) is 8.78 Å². The molecular weight excluding hydrogens is 270 g/mol. The number of aliphatic hydroxyl groups excluding tert-OH is 1. The molecule has 0 fully saturated rings. The number of hydrogen-bond donors (Lipinski definition) is 2.